The van der Waals surface area contributed by atoms with Crippen LogP contribution in [0.25, 0.3) is 5.69 Å². The molecule has 2 amide bonds. The van der Waals surface area contributed by atoms with Crippen LogP contribution in [-0.2, 0) is 5.41 Å². The highest BCUT2D eigenvalue weighted by Gasteiger charge is 2.32. The van der Waals surface area contributed by atoms with Gasteiger partial charge >= 0.3 is 6.03 Å². The Morgan fingerprint density at radius 2 is 1.38 bits per heavy atom. The van der Waals surface area contributed by atoms with Crippen LogP contribution in [0.15, 0.2) is 54.6 Å². The molecule has 0 unspecified atom stereocenters. The van der Waals surface area contributed by atoms with E-state index in [0.717, 1.165) is 11.4 Å². The number of carbonyl (C=O) groups is 1. The summed E-state index contributed by atoms with van der Waals surface area (Å²) in [5, 5.41) is 28.7. The Bertz CT molecular complexity index is 1150. The number of hydrogen-bond acceptors (Lipinski definition) is 4. The van der Waals surface area contributed by atoms with Crippen molar-refractivity contribution in [3.8, 4) is 5.69 Å². The van der Waals surface area contributed by atoms with Gasteiger partial charge in [-0.2, -0.15) is 5.10 Å². The van der Waals surface area contributed by atoms with Crippen LogP contribution in [0.5, 0.6) is 0 Å². The smallest absolute Gasteiger partial charge is 0.324 e. The van der Waals surface area contributed by atoms with E-state index in [4.69, 9.17) is 23.2 Å². The van der Waals surface area contributed by atoms with E-state index >= 15 is 0 Å². The summed E-state index contributed by atoms with van der Waals surface area (Å²) in [4.78, 5) is 12.6. The van der Waals surface area contributed by atoms with Gasteiger partial charge in [-0.25, -0.2) is 9.48 Å². The SMILES string of the molecule is CC(C)(O)C(C)(C)O.[B]c1ccc(NC(=O)Nc2cc(C(C)(C)C)nn2-c2ccc(C(C)C)cc2)cc1. The molecule has 8 heteroatoms. The molecule has 0 bridgehead atoms. The van der Waals surface area contributed by atoms with Crippen LogP contribution in [-0.4, -0.2) is 45.1 Å². The first-order chi connectivity index (χ1) is 16.9. The molecule has 0 saturated carbocycles. The molecule has 37 heavy (non-hydrogen) atoms. The van der Waals surface area contributed by atoms with Crippen molar-refractivity contribution in [3.05, 3.63) is 65.9 Å². The lowest BCUT2D eigenvalue weighted by atomic mass is 9.90. The fourth-order valence-electron chi connectivity index (χ4n) is 2.88. The van der Waals surface area contributed by atoms with Crippen molar-refractivity contribution in [2.75, 3.05) is 10.6 Å². The number of rotatable bonds is 5. The highest BCUT2D eigenvalue weighted by atomic mass is 16.3. The summed E-state index contributed by atoms with van der Waals surface area (Å²) in [6.45, 7) is 16.9. The lowest BCUT2D eigenvalue weighted by Crippen LogP contribution is -2.44. The zero-order chi connectivity index (χ0) is 28.2. The number of hydrogen-bond donors (Lipinski definition) is 4. The summed E-state index contributed by atoms with van der Waals surface area (Å²) in [5.74, 6) is 1.07. The van der Waals surface area contributed by atoms with Crippen LogP contribution in [0, 0.1) is 0 Å². The van der Waals surface area contributed by atoms with Gasteiger partial charge < -0.3 is 15.5 Å². The Kier molecular flexibility index (Phi) is 9.39. The van der Waals surface area contributed by atoms with E-state index in [2.05, 4.69) is 57.4 Å². The van der Waals surface area contributed by atoms with Crippen molar-refractivity contribution < 1.29 is 15.0 Å². The maximum Gasteiger partial charge on any atom is 0.324 e. The van der Waals surface area contributed by atoms with E-state index in [1.165, 1.54) is 5.56 Å². The van der Waals surface area contributed by atoms with E-state index in [0.29, 0.717) is 22.9 Å². The summed E-state index contributed by atoms with van der Waals surface area (Å²) in [5.41, 5.74) is 2.20. The maximum absolute atomic E-state index is 12.6. The van der Waals surface area contributed by atoms with E-state index in [9.17, 15) is 4.79 Å². The predicted octanol–water partition coefficient (Wildman–Crippen LogP) is 5.26. The third-order valence-electron chi connectivity index (χ3n) is 6.19. The average Bonchev–Trinajstić information content (AvgIpc) is 3.18. The maximum atomic E-state index is 12.6. The van der Waals surface area contributed by atoms with Gasteiger partial charge in [-0.3, -0.25) is 5.32 Å². The molecule has 3 aromatic rings. The molecule has 1 aromatic heterocycles. The third kappa shape index (κ3) is 8.76. The number of aliphatic hydroxyl groups is 2. The number of nitrogens with one attached hydrogen (secondary N) is 2. The first-order valence-corrected chi connectivity index (χ1v) is 12.5. The van der Waals surface area contributed by atoms with Gasteiger partial charge in [-0.15, -0.1) is 0 Å². The molecule has 1 heterocycles. The minimum Gasteiger partial charge on any atom is -0.387 e. The Morgan fingerprint density at radius 1 is 0.865 bits per heavy atom. The second-order valence-electron chi connectivity index (χ2n) is 11.6. The number of nitrogens with zero attached hydrogens (tertiary/aromatic N) is 2. The largest absolute Gasteiger partial charge is 0.387 e. The molecule has 0 aliphatic rings. The molecule has 4 N–H and O–H groups in total. The first kappa shape index (κ1) is 30.1. The summed E-state index contributed by atoms with van der Waals surface area (Å²) in [7, 11) is 5.70. The van der Waals surface area contributed by atoms with Crippen LogP contribution in [0.1, 0.15) is 79.5 Å². The van der Waals surface area contributed by atoms with Crippen LogP contribution in [0.2, 0.25) is 0 Å². The second-order valence-corrected chi connectivity index (χ2v) is 11.6. The van der Waals surface area contributed by atoms with Gasteiger partial charge in [0.1, 0.15) is 13.7 Å². The highest BCUT2D eigenvalue weighted by Crippen LogP contribution is 2.27. The van der Waals surface area contributed by atoms with Crippen molar-refractivity contribution in [1.82, 2.24) is 9.78 Å². The standard InChI is InChI=1S/C23H27BN4O.C6H14O2/c1-15(2)16-6-12-19(13-7-16)28-21(14-20(27-28)23(3,4)5)26-22(29)25-18-10-8-17(24)9-11-18;1-5(2,7)6(3,4)8/h6-15H,1-5H3,(H2,25,26,29);7-8H,1-4H3. The zero-order valence-corrected chi connectivity index (χ0v) is 23.5. The van der Waals surface area contributed by atoms with Crippen molar-refractivity contribution in [2.24, 2.45) is 0 Å². The van der Waals surface area contributed by atoms with Gasteiger partial charge in [-0.05, 0) is 63.4 Å². The topological polar surface area (TPSA) is 99.4 Å². The van der Waals surface area contributed by atoms with Gasteiger partial charge in [0.2, 0.25) is 0 Å². The van der Waals surface area contributed by atoms with Crippen molar-refractivity contribution in [2.45, 2.75) is 84.8 Å². The Labute approximate surface area is 222 Å². The lowest BCUT2D eigenvalue weighted by molar-refractivity contribution is -0.107. The molecule has 2 aromatic carbocycles. The van der Waals surface area contributed by atoms with Crippen molar-refractivity contribution >= 4 is 30.8 Å². The molecule has 2 radical (unpaired) electrons. The average molecular weight is 504 g/mol. The summed E-state index contributed by atoms with van der Waals surface area (Å²) in [6, 6.07) is 16.8. The van der Waals surface area contributed by atoms with Gasteiger partial charge in [-0.1, -0.05) is 64.3 Å². The summed E-state index contributed by atoms with van der Waals surface area (Å²) < 4.78 is 1.77. The third-order valence-corrected chi connectivity index (χ3v) is 6.19. The minimum atomic E-state index is -1.01. The molecule has 0 atom stereocenters. The number of benzene rings is 2. The van der Waals surface area contributed by atoms with Crippen LogP contribution in [0.3, 0.4) is 0 Å². The number of aromatic nitrogens is 2. The fourth-order valence-corrected chi connectivity index (χ4v) is 2.88. The van der Waals surface area contributed by atoms with E-state index in [1.54, 1.807) is 56.6 Å². The minimum absolute atomic E-state index is 0.146. The van der Waals surface area contributed by atoms with Crippen LogP contribution in [0.4, 0.5) is 16.3 Å². The fraction of sp³-hybridized carbons (Fsp3) is 0.448. The number of urea groups is 1. The number of amides is 2. The monoisotopic (exact) mass is 504 g/mol. The normalized spacial score (nSPS) is 12.1. The van der Waals surface area contributed by atoms with Crippen LogP contribution >= 0.6 is 0 Å². The molecular weight excluding hydrogens is 463 g/mol. The van der Waals surface area contributed by atoms with E-state index in [-0.39, 0.29) is 11.4 Å². The van der Waals surface area contributed by atoms with E-state index in [1.807, 2.05) is 18.2 Å². The zero-order valence-electron chi connectivity index (χ0n) is 23.5. The summed E-state index contributed by atoms with van der Waals surface area (Å²) in [6.07, 6.45) is 0. The molecule has 0 spiro atoms. The molecule has 0 saturated heterocycles. The number of carbonyl (C=O) groups excluding carboxylic acids is 1. The molecule has 198 valence electrons. The second kappa shape index (κ2) is 11.5. The Morgan fingerprint density at radius 3 is 1.81 bits per heavy atom. The molecule has 0 aliphatic heterocycles. The van der Waals surface area contributed by atoms with Gasteiger partial charge in [0.15, 0.2) is 0 Å². The van der Waals surface area contributed by atoms with Gasteiger partial charge in [0.25, 0.3) is 0 Å². The lowest BCUT2D eigenvalue weighted by Gasteiger charge is -2.31. The van der Waals surface area contributed by atoms with Crippen molar-refractivity contribution in [3.63, 3.8) is 0 Å². The summed E-state index contributed by atoms with van der Waals surface area (Å²) >= 11 is 0. The van der Waals surface area contributed by atoms with Crippen molar-refractivity contribution in [1.29, 1.82) is 0 Å². The molecule has 3 rings (SSSR count). The van der Waals surface area contributed by atoms with Crippen LogP contribution < -0.4 is 16.1 Å². The van der Waals surface area contributed by atoms with E-state index < -0.39 is 11.2 Å². The van der Waals surface area contributed by atoms with Gasteiger partial charge in [0, 0.05) is 17.2 Å². The Balaban J connectivity index is 0.000000521. The molecule has 0 fully saturated rings. The molecular formula is C29H41BN4O3. The Hall–Kier alpha value is -3.10. The molecule has 0 aliphatic carbocycles. The van der Waals surface area contributed by atoms with Gasteiger partial charge in [0.05, 0.1) is 22.6 Å². The molecule has 7 nitrogen and oxygen atoms in total. The highest BCUT2D eigenvalue weighted by molar-refractivity contribution is 6.32. The predicted molar refractivity (Wildman–Crippen MR) is 153 cm³/mol. The number of anilines is 2. The quantitative estimate of drug-likeness (QED) is 0.356. The first-order valence-electron chi connectivity index (χ1n) is 12.5.